The summed E-state index contributed by atoms with van der Waals surface area (Å²) >= 11 is 0. The number of hydrogen-bond acceptors (Lipinski definition) is 2. The van der Waals surface area contributed by atoms with Crippen molar-refractivity contribution < 1.29 is 31.5 Å². The molecule has 0 atom stereocenters. The fourth-order valence-electron chi connectivity index (χ4n) is 2.32. The van der Waals surface area contributed by atoms with Crippen LogP contribution in [0.2, 0.25) is 0 Å². The van der Waals surface area contributed by atoms with E-state index < -0.39 is 46.2 Å². The van der Waals surface area contributed by atoms with Crippen LogP contribution in [-0.2, 0) is 4.79 Å². The van der Waals surface area contributed by atoms with Gasteiger partial charge in [-0.25, -0.2) is 13.2 Å². The Hall–Kier alpha value is -1.66. The predicted octanol–water partition coefficient (Wildman–Crippen LogP) is 4.89. The molecule has 0 spiro atoms. The summed E-state index contributed by atoms with van der Waals surface area (Å²) in [5.74, 6) is -13.5. The Morgan fingerprint density at radius 3 is 1.59 bits per heavy atom. The summed E-state index contributed by atoms with van der Waals surface area (Å²) in [6, 6.07) is 0. The fraction of sp³-hybridized carbons (Fsp3) is 0.533. The van der Waals surface area contributed by atoms with Gasteiger partial charge in [-0.2, -0.15) is 8.78 Å². The molecule has 1 aromatic rings. The van der Waals surface area contributed by atoms with E-state index in [1.165, 1.54) is 6.92 Å². The molecule has 0 amide bonds. The van der Waals surface area contributed by atoms with E-state index in [9.17, 15) is 26.7 Å². The Morgan fingerprint density at radius 1 is 0.864 bits per heavy atom. The molecule has 124 valence electrons. The second kappa shape index (κ2) is 7.07. The summed E-state index contributed by atoms with van der Waals surface area (Å²) in [5, 5.41) is 0. The van der Waals surface area contributed by atoms with E-state index in [1.54, 1.807) is 13.8 Å². The van der Waals surface area contributed by atoms with Gasteiger partial charge in [-0.1, -0.05) is 26.7 Å². The fourth-order valence-corrected chi connectivity index (χ4v) is 2.32. The van der Waals surface area contributed by atoms with Crippen LogP contribution in [0.25, 0.3) is 0 Å². The standard InChI is InChI=1S/C15H17F5O2/c1-4-6-15(3,7-5-2)14(21)22-13-11(19)9(17)8(16)10(18)12(13)20/h4-7H2,1-3H3. The lowest BCUT2D eigenvalue weighted by Crippen LogP contribution is -2.32. The van der Waals surface area contributed by atoms with E-state index in [0.717, 1.165) is 0 Å². The minimum atomic E-state index is -2.29. The Balaban J connectivity index is 3.22. The van der Waals surface area contributed by atoms with E-state index >= 15 is 0 Å². The number of esters is 1. The second-order valence-electron chi connectivity index (χ2n) is 5.35. The lowest BCUT2D eigenvalue weighted by molar-refractivity contribution is -0.146. The van der Waals surface area contributed by atoms with E-state index in [2.05, 4.69) is 4.74 Å². The van der Waals surface area contributed by atoms with Crippen molar-refractivity contribution in [2.24, 2.45) is 5.41 Å². The molecule has 7 heteroatoms. The minimum absolute atomic E-state index is 0.370. The van der Waals surface area contributed by atoms with E-state index in [4.69, 9.17) is 0 Å². The number of benzene rings is 1. The van der Waals surface area contributed by atoms with Gasteiger partial charge in [0.15, 0.2) is 0 Å². The molecule has 0 N–H and O–H groups in total. The van der Waals surface area contributed by atoms with Gasteiger partial charge in [0.1, 0.15) is 0 Å². The molecule has 0 saturated carbocycles. The number of carbonyl (C=O) groups excluding carboxylic acids is 1. The molecule has 2 nitrogen and oxygen atoms in total. The van der Waals surface area contributed by atoms with Gasteiger partial charge in [-0.15, -0.1) is 0 Å². The number of carbonyl (C=O) groups is 1. The lowest BCUT2D eigenvalue weighted by Gasteiger charge is -2.26. The molecule has 0 aliphatic rings. The van der Waals surface area contributed by atoms with Gasteiger partial charge in [0, 0.05) is 0 Å². The van der Waals surface area contributed by atoms with Crippen molar-refractivity contribution in [2.75, 3.05) is 0 Å². The molecule has 0 aliphatic heterocycles. The van der Waals surface area contributed by atoms with Crippen LogP contribution in [0.15, 0.2) is 0 Å². The molecule has 1 rings (SSSR count). The topological polar surface area (TPSA) is 26.3 Å². The first-order valence-electron chi connectivity index (χ1n) is 6.93. The summed E-state index contributed by atoms with van der Waals surface area (Å²) < 4.78 is 70.7. The van der Waals surface area contributed by atoms with Crippen LogP contribution in [0, 0.1) is 34.5 Å². The molecule has 1 aromatic carbocycles. The number of halogens is 5. The highest BCUT2D eigenvalue weighted by Gasteiger charge is 2.36. The van der Waals surface area contributed by atoms with Crippen LogP contribution in [0.3, 0.4) is 0 Å². The summed E-state index contributed by atoms with van der Waals surface area (Å²) in [6.07, 6.45) is 1.94. The molecule has 0 unspecified atom stereocenters. The van der Waals surface area contributed by atoms with Crippen LogP contribution in [0.4, 0.5) is 22.0 Å². The maximum atomic E-state index is 13.5. The third kappa shape index (κ3) is 3.39. The Morgan fingerprint density at radius 2 is 1.23 bits per heavy atom. The first kappa shape index (κ1) is 18.4. The van der Waals surface area contributed by atoms with Crippen molar-refractivity contribution >= 4 is 5.97 Å². The summed E-state index contributed by atoms with van der Waals surface area (Å²) in [7, 11) is 0. The zero-order chi connectivity index (χ0) is 17.1. The minimum Gasteiger partial charge on any atom is -0.420 e. The van der Waals surface area contributed by atoms with Crippen molar-refractivity contribution in [3.8, 4) is 5.75 Å². The highest BCUT2D eigenvalue weighted by Crippen LogP contribution is 2.34. The maximum absolute atomic E-state index is 13.5. The van der Waals surface area contributed by atoms with E-state index in [1.807, 2.05) is 0 Å². The third-order valence-corrected chi connectivity index (χ3v) is 3.46. The molecule has 0 heterocycles. The summed E-state index contributed by atoms with van der Waals surface area (Å²) in [5.41, 5.74) is -1.05. The second-order valence-corrected chi connectivity index (χ2v) is 5.35. The van der Waals surface area contributed by atoms with Gasteiger partial charge in [0.2, 0.25) is 34.8 Å². The van der Waals surface area contributed by atoms with Crippen molar-refractivity contribution in [1.82, 2.24) is 0 Å². The van der Waals surface area contributed by atoms with Gasteiger partial charge >= 0.3 is 5.97 Å². The van der Waals surface area contributed by atoms with E-state index in [0.29, 0.717) is 25.7 Å². The Bertz CT molecular complexity index is 537. The monoisotopic (exact) mass is 324 g/mol. The number of ether oxygens (including phenoxy) is 1. The normalized spacial score (nSPS) is 11.6. The van der Waals surface area contributed by atoms with Crippen molar-refractivity contribution in [2.45, 2.75) is 46.5 Å². The highest BCUT2D eigenvalue weighted by molar-refractivity contribution is 5.78. The highest BCUT2D eigenvalue weighted by atomic mass is 19.2. The average Bonchev–Trinajstić information content (AvgIpc) is 2.47. The van der Waals surface area contributed by atoms with Gasteiger partial charge in [-0.3, -0.25) is 4.79 Å². The summed E-state index contributed by atoms with van der Waals surface area (Å²) in [6.45, 7) is 5.15. The first-order chi connectivity index (χ1) is 10.2. The zero-order valence-corrected chi connectivity index (χ0v) is 12.5. The third-order valence-electron chi connectivity index (χ3n) is 3.46. The molecule has 0 radical (unpaired) electrons. The van der Waals surface area contributed by atoms with E-state index in [-0.39, 0.29) is 0 Å². The number of rotatable bonds is 6. The SMILES string of the molecule is CCCC(C)(CCC)C(=O)Oc1c(F)c(F)c(F)c(F)c1F. The average molecular weight is 324 g/mol. The van der Waals surface area contributed by atoms with Crippen LogP contribution >= 0.6 is 0 Å². The largest absolute Gasteiger partial charge is 0.420 e. The smallest absolute Gasteiger partial charge is 0.317 e. The first-order valence-corrected chi connectivity index (χ1v) is 6.93. The van der Waals surface area contributed by atoms with Crippen LogP contribution < -0.4 is 4.74 Å². The van der Waals surface area contributed by atoms with Gasteiger partial charge in [0.05, 0.1) is 5.41 Å². The van der Waals surface area contributed by atoms with Crippen molar-refractivity contribution in [3.05, 3.63) is 29.1 Å². The molecule has 0 aromatic heterocycles. The number of hydrogen-bond donors (Lipinski definition) is 0. The van der Waals surface area contributed by atoms with Gasteiger partial charge in [-0.05, 0) is 19.8 Å². The van der Waals surface area contributed by atoms with Crippen LogP contribution in [-0.4, -0.2) is 5.97 Å². The zero-order valence-electron chi connectivity index (χ0n) is 12.5. The molecule has 0 bridgehead atoms. The Labute approximate surface area is 125 Å². The predicted molar refractivity (Wildman–Crippen MR) is 69.8 cm³/mol. The van der Waals surface area contributed by atoms with Gasteiger partial charge < -0.3 is 4.74 Å². The van der Waals surface area contributed by atoms with Gasteiger partial charge in [0.25, 0.3) is 0 Å². The molecule has 0 fully saturated rings. The molecular weight excluding hydrogens is 307 g/mol. The molecule has 22 heavy (non-hydrogen) atoms. The van der Waals surface area contributed by atoms with Crippen LogP contribution in [0.5, 0.6) is 5.75 Å². The molecule has 0 aliphatic carbocycles. The van der Waals surface area contributed by atoms with Crippen molar-refractivity contribution in [1.29, 1.82) is 0 Å². The molecule has 0 saturated heterocycles. The van der Waals surface area contributed by atoms with Crippen molar-refractivity contribution in [3.63, 3.8) is 0 Å². The Kier molecular flexibility index (Phi) is 5.91. The quantitative estimate of drug-likeness (QED) is 0.245. The molecular formula is C15H17F5O2. The summed E-state index contributed by atoms with van der Waals surface area (Å²) in [4.78, 5) is 12.1. The maximum Gasteiger partial charge on any atom is 0.317 e. The lowest BCUT2D eigenvalue weighted by atomic mass is 9.81. The van der Waals surface area contributed by atoms with Crippen LogP contribution in [0.1, 0.15) is 46.5 Å².